The number of nitrogens with one attached hydrogen (secondary N) is 2. The van der Waals surface area contributed by atoms with Gasteiger partial charge in [0, 0.05) is 20.7 Å². The number of thiazole rings is 1. The molecule has 10 heteroatoms. The van der Waals surface area contributed by atoms with Crippen molar-refractivity contribution in [3.05, 3.63) is 45.4 Å². The molecule has 0 radical (unpaired) electrons. The summed E-state index contributed by atoms with van der Waals surface area (Å²) in [5, 5.41) is 7.39. The number of ether oxygens (including phenoxy) is 3. The number of guanidine groups is 1. The number of halogens is 1. The topological polar surface area (TPSA) is 94.1 Å². The van der Waals surface area contributed by atoms with Gasteiger partial charge in [0.2, 0.25) is 0 Å². The van der Waals surface area contributed by atoms with E-state index in [4.69, 9.17) is 14.2 Å². The van der Waals surface area contributed by atoms with E-state index in [-0.39, 0.29) is 36.0 Å². The fraction of sp³-hybridized carbons (Fsp3) is 0.476. The summed E-state index contributed by atoms with van der Waals surface area (Å²) < 4.78 is 15.6. The molecule has 172 valence electrons. The first-order valence-corrected chi connectivity index (χ1v) is 10.6. The molecule has 0 amide bonds. The summed E-state index contributed by atoms with van der Waals surface area (Å²) in [5.74, 6) is 1.13. The lowest BCUT2D eigenvalue weighted by Gasteiger charge is -2.16. The summed E-state index contributed by atoms with van der Waals surface area (Å²) in [5.41, 5.74) is 1.78. The molecule has 2 rings (SSSR count). The number of nitrogens with zero attached hydrogens (tertiary/aromatic N) is 2. The van der Waals surface area contributed by atoms with Crippen molar-refractivity contribution in [2.24, 2.45) is 4.99 Å². The van der Waals surface area contributed by atoms with Crippen LogP contribution in [0.4, 0.5) is 0 Å². The van der Waals surface area contributed by atoms with E-state index in [2.05, 4.69) is 20.6 Å². The Balaban J connectivity index is 0.00000480. The Labute approximate surface area is 204 Å². The van der Waals surface area contributed by atoms with E-state index in [0.717, 1.165) is 16.3 Å². The van der Waals surface area contributed by atoms with E-state index in [9.17, 15) is 4.79 Å². The van der Waals surface area contributed by atoms with E-state index in [1.165, 1.54) is 11.3 Å². The molecule has 2 aromatic rings. The predicted octanol–water partition coefficient (Wildman–Crippen LogP) is 3.70. The van der Waals surface area contributed by atoms with Crippen molar-refractivity contribution >= 4 is 47.2 Å². The average molecular weight is 562 g/mol. The van der Waals surface area contributed by atoms with E-state index in [0.29, 0.717) is 42.9 Å². The Morgan fingerprint density at radius 1 is 1.26 bits per heavy atom. The lowest BCUT2D eigenvalue weighted by molar-refractivity contribution is 0.0531. The van der Waals surface area contributed by atoms with Gasteiger partial charge in [0.25, 0.3) is 0 Å². The summed E-state index contributed by atoms with van der Waals surface area (Å²) >= 11 is 1.34. The molecule has 0 aliphatic rings. The fourth-order valence-corrected chi connectivity index (χ4v) is 3.55. The van der Waals surface area contributed by atoms with E-state index < -0.39 is 0 Å². The molecule has 1 heterocycles. The second kappa shape index (κ2) is 14.2. The zero-order valence-electron chi connectivity index (χ0n) is 18.6. The van der Waals surface area contributed by atoms with Crippen molar-refractivity contribution in [2.45, 2.75) is 33.4 Å². The second-order valence-electron chi connectivity index (χ2n) is 6.46. The molecule has 1 aromatic heterocycles. The third kappa shape index (κ3) is 8.62. The van der Waals surface area contributed by atoms with Gasteiger partial charge in [-0.3, -0.25) is 4.99 Å². The molecule has 1 aromatic carbocycles. The first-order valence-electron chi connectivity index (χ1n) is 9.80. The van der Waals surface area contributed by atoms with Crippen molar-refractivity contribution < 1.29 is 19.0 Å². The molecule has 8 nitrogen and oxygen atoms in total. The molecule has 0 bridgehead atoms. The number of hydrogen-bond donors (Lipinski definition) is 2. The van der Waals surface area contributed by atoms with Crippen LogP contribution >= 0.6 is 35.3 Å². The number of hydrogen-bond acceptors (Lipinski definition) is 7. The van der Waals surface area contributed by atoms with Gasteiger partial charge in [-0.2, -0.15) is 0 Å². The van der Waals surface area contributed by atoms with Crippen LogP contribution in [0, 0.1) is 6.92 Å². The highest BCUT2D eigenvalue weighted by atomic mass is 127. The average Bonchev–Trinajstić information content (AvgIpc) is 3.14. The van der Waals surface area contributed by atoms with Gasteiger partial charge >= 0.3 is 5.97 Å². The van der Waals surface area contributed by atoms with Crippen LogP contribution in [-0.2, 0) is 16.0 Å². The van der Waals surface area contributed by atoms with Crippen LogP contribution in [0.1, 0.15) is 45.8 Å². The number of aryl methyl sites for hydroxylation is 1. The van der Waals surface area contributed by atoms with Crippen LogP contribution in [0.5, 0.6) is 5.75 Å². The van der Waals surface area contributed by atoms with Crippen molar-refractivity contribution in [2.75, 3.05) is 34.0 Å². The minimum atomic E-state index is -0.330. The van der Waals surface area contributed by atoms with Crippen molar-refractivity contribution in [3.63, 3.8) is 0 Å². The third-order valence-electron chi connectivity index (χ3n) is 4.16. The highest BCUT2D eigenvalue weighted by Gasteiger charge is 2.20. The van der Waals surface area contributed by atoms with Crippen LogP contribution < -0.4 is 15.4 Å². The summed E-state index contributed by atoms with van der Waals surface area (Å²) in [6, 6.07) is 7.75. The molecule has 0 aliphatic carbocycles. The van der Waals surface area contributed by atoms with Crippen LogP contribution in [0.2, 0.25) is 0 Å². The van der Waals surface area contributed by atoms with Gasteiger partial charge in [-0.1, -0.05) is 12.1 Å². The molecule has 2 N–H and O–H groups in total. The maximum absolute atomic E-state index is 12.0. The minimum Gasteiger partial charge on any atom is -0.491 e. The first kappa shape index (κ1) is 27.1. The number of benzene rings is 1. The molecule has 0 saturated heterocycles. The summed E-state index contributed by atoms with van der Waals surface area (Å²) in [6.07, 6.45) is 0. The van der Waals surface area contributed by atoms with Gasteiger partial charge < -0.3 is 24.8 Å². The Bertz CT molecular complexity index is 842. The molecule has 0 spiro atoms. The maximum Gasteiger partial charge on any atom is 0.350 e. The number of rotatable bonds is 10. The van der Waals surface area contributed by atoms with Gasteiger partial charge in [0.05, 0.1) is 24.9 Å². The number of methoxy groups -OCH3 is 1. The number of esters is 1. The SMILES string of the molecule is CCOC(=O)c1sc(C(C)NC(=NC)NCc2ccc(OCCOC)cc2)nc1C.I. The van der Waals surface area contributed by atoms with Crippen LogP contribution in [-0.4, -0.2) is 50.9 Å². The lowest BCUT2D eigenvalue weighted by atomic mass is 10.2. The monoisotopic (exact) mass is 562 g/mol. The number of carbonyl (C=O) groups is 1. The standard InChI is InChI=1S/C21H30N4O4S.HI/c1-6-28-20(26)18-14(2)24-19(30-18)15(3)25-21(22-4)23-13-16-7-9-17(10-8-16)29-12-11-27-5;/h7-10,15H,6,11-13H2,1-5H3,(H2,22,23,25);1H. The predicted molar refractivity (Wildman–Crippen MR) is 134 cm³/mol. The number of aromatic nitrogens is 1. The Morgan fingerprint density at radius 2 is 1.97 bits per heavy atom. The molecule has 0 aliphatic heterocycles. The molecule has 1 unspecified atom stereocenters. The molecule has 1 atom stereocenters. The van der Waals surface area contributed by atoms with Crippen LogP contribution in [0.25, 0.3) is 0 Å². The van der Waals surface area contributed by atoms with E-state index >= 15 is 0 Å². The highest BCUT2D eigenvalue weighted by Crippen LogP contribution is 2.24. The molecule has 0 fully saturated rings. The largest absolute Gasteiger partial charge is 0.491 e. The summed E-state index contributed by atoms with van der Waals surface area (Å²) in [7, 11) is 3.36. The van der Waals surface area contributed by atoms with Gasteiger partial charge in [-0.25, -0.2) is 9.78 Å². The smallest absolute Gasteiger partial charge is 0.350 e. The van der Waals surface area contributed by atoms with Crippen LogP contribution in [0.3, 0.4) is 0 Å². The van der Waals surface area contributed by atoms with Crippen LogP contribution in [0.15, 0.2) is 29.3 Å². The normalized spacial score (nSPS) is 12.0. The Kier molecular flexibility index (Phi) is 12.4. The minimum absolute atomic E-state index is 0. The molecule has 0 saturated carbocycles. The molecule has 31 heavy (non-hydrogen) atoms. The van der Waals surface area contributed by atoms with E-state index in [1.807, 2.05) is 38.1 Å². The number of carbonyl (C=O) groups excluding carboxylic acids is 1. The Morgan fingerprint density at radius 3 is 2.58 bits per heavy atom. The van der Waals surface area contributed by atoms with Crippen molar-refractivity contribution in [3.8, 4) is 5.75 Å². The highest BCUT2D eigenvalue weighted by molar-refractivity contribution is 14.0. The quantitative estimate of drug-likeness (QED) is 0.150. The van der Waals surface area contributed by atoms with E-state index in [1.54, 1.807) is 21.1 Å². The number of aliphatic imine (C=N–C) groups is 1. The van der Waals surface area contributed by atoms with Crippen molar-refractivity contribution in [1.82, 2.24) is 15.6 Å². The van der Waals surface area contributed by atoms with Gasteiger partial charge in [-0.15, -0.1) is 35.3 Å². The third-order valence-corrected chi connectivity index (χ3v) is 5.48. The second-order valence-corrected chi connectivity index (χ2v) is 7.49. The van der Waals surface area contributed by atoms with Crippen molar-refractivity contribution in [1.29, 1.82) is 0 Å². The first-order chi connectivity index (χ1) is 14.5. The Hall–Kier alpha value is -1.92. The molecular weight excluding hydrogens is 531 g/mol. The summed E-state index contributed by atoms with van der Waals surface area (Å²) in [4.78, 5) is 21.3. The maximum atomic E-state index is 12.0. The lowest BCUT2D eigenvalue weighted by Crippen LogP contribution is -2.38. The summed E-state index contributed by atoms with van der Waals surface area (Å²) in [6.45, 7) is 7.61. The van der Waals surface area contributed by atoms with Gasteiger partial charge in [0.1, 0.15) is 22.2 Å². The van der Waals surface area contributed by atoms with Gasteiger partial charge in [0.15, 0.2) is 5.96 Å². The zero-order chi connectivity index (χ0) is 21.9. The fourth-order valence-electron chi connectivity index (χ4n) is 2.58. The zero-order valence-corrected chi connectivity index (χ0v) is 21.7. The van der Waals surface area contributed by atoms with Gasteiger partial charge in [-0.05, 0) is 38.5 Å². The molecular formula is C21H31IN4O4S.